The van der Waals surface area contributed by atoms with Crippen LogP contribution in [0.2, 0.25) is 0 Å². The van der Waals surface area contributed by atoms with Crippen LogP contribution in [0.1, 0.15) is 34.6 Å². The standard InChI is InChI=1S/C19H18N2O5/c1-12(22)14-5-3-8-17(9-14)21-18(24)11-26-19(25)15-6-4-7-16(10-15)20-13(2)23/h3-10H,11H2,1-2H3,(H,20,23)(H,21,24). The molecule has 0 heterocycles. The van der Waals surface area contributed by atoms with Gasteiger partial charge in [0.25, 0.3) is 5.91 Å². The molecule has 7 nitrogen and oxygen atoms in total. The number of carbonyl (C=O) groups is 4. The summed E-state index contributed by atoms with van der Waals surface area (Å²) in [5.41, 5.74) is 1.57. The zero-order valence-corrected chi connectivity index (χ0v) is 14.4. The number of ether oxygens (including phenoxy) is 1. The second-order valence-electron chi connectivity index (χ2n) is 5.52. The van der Waals surface area contributed by atoms with E-state index in [1.54, 1.807) is 36.4 Å². The summed E-state index contributed by atoms with van der Waals surface area (Å²) in [4.78, 5) is 46.3. The monoisotopic (exact) mass is 354 g/mol. The first-order valence-corrected chi connectivity index (χ1v) is 7.81. The van der Waals surface area contributed by atoms with Gasteiger partial charge in [0.2, 0.25) is 5.91 Å². The Hall–Kier alpha value is -3.48. The quantitative estimate of drug-likeness (QED) is 0.613. The lowest BCUT2D eigenvalue weighted by Crippen LogP contribution is -2.21. The summed E-state index contributed by atoms with van der Waals surface area (Å²) in [6, 6.07) is 12.6. The number of benzene rings is 2. The van der Waals surface area contributed by atoms with Crippen molar-refractivity contribution in [3.63, 3.8) is 0 Å². The molecular formula is C19H18N2O5. The van der Waals surface area contributed by atoms with E-state index in [2.05, 4.69) is 10.6 Å². The molecule has 0 saturated carbocycles. The molecule has 0 aliphatic heterocycles. The third kappa shape index (κ3) is 5.55. The van der Waals surface area contributed by atoms with Crippen LogP contribution in [0.15, 0.2) is 48.5 Å². The Morgan fingerprint density at radius 2 is 1.42 bits per heavy atom. The van der Waals surface area contributed by atoms with Crippen molar-refractivity contribution in [1.29, 1.82) is 0 Å². The fraction of sp³-hybridized carbons (Fsp3) is 0.158. The van der Waals surface area contributed by atoms with Crippen LogP contribution in [0.3, 0.4) is 0 Å². The number of ketones is 1. The van der Waals surface area contributed by atoms with Crippen molar-refractivity contribution in [2.45, 2.75) is 13.8 Å². The molecule has 0 saturated heterocycles. The van der Waals surface area contributed by atoms with Crippen molar-refractivity contribution in [1.82, 2.24) is 0 Å². The van der Waals surface area contributed by atoms with Gasteiger partial charge >= 0.3 is 5.97 Å². The van der Waals surface area contributed by atoms with Gasteiger partial charge in [0, 0.05) is 23.9 Å². The minimum Gasteiger partial charge on any atom is -0.452 e. The molecule has 26 heavy (non-hydrogen) atoms. The maximum absolute atomic E-state index is 12.0. The molecule has 134 valence electrons. The SMILES string of the molecule is CC(=O)Nc1cccc(C(=O)OCC(=O)Nc2cccc(C(C)=O)c2)c1. The largest absolute Gasteiger partial charge is 0.452 e. The zero-order chi connectivity index (χ0) is 19.1. The average Bonchev–Trinajstić information content (AvgIpc) is 2.59. The first-order valence-electron chi connectivity index (χ1n) is 7.81. The summed E-state index contributed by atoms with van der Waals surface area (Å²) in [6.45, 7) is 2.31. The van der Waals surface area contributed by atoms with Crippen molar-refractivity contribution in [3.8, 4) is 0 Å². The lowest BCUT2D eigenvalue weighted by Gasteiger charge is -2.08. The van der Waals surface area contributed by atoms with Gasteiger partial charge < -0.3 is 15.4 Å². The first-order chi connectivity index (χ1) is 12.3. The fourth-order valence-electron chi connectivity index (χ4n) is 2.15. The minimum atomic E-state index is -0.690. The molecule has 0 aromatic heterocycles. The highest BCUT2D eigenvalue weighted by atomic mass is 16.5. The third-order valence-corrected chi connectivity index (χ3v) is 3.31. The highest BCUT2D eigenvalue weighted by Crippen LogP contribution is 2.13. The van der Waals surface area contributed by atoms with E-state index >= 15 is 0 Å². The van der Waals surface area contributed by atoms with Crippen molar-refractivity contribution in [3.05, 3.63) is 59.7 Å². The van der Waals surface area contributed by atoms with Gasteiger partial charge in [-0.3, -0.25) is 14.4 Å². The van der Waals surface area contributed by atoms with Crippen LogP contribution in [0.4, 0.5) is 11.4 Å². The molecule has 2 N–H and O–H groups in total. The lowest BCUT2D eigenvalue weighted by atomic mass is 10.1. The topological polar surface area (TPSA) is 102 Å². The van der Waals surface area contributed by atoms with Crippen molar-refractivity contribution in [2.24, 2.45) is 0 Å². The molecule has 0 fully saturated rings. The van der Waals surface area contributed by atoms with E-state index < -0.39 is 18.5 Å². The normalized spacial score (nSPS) is 9.92. The zero-order valence-electron chi connectivity index (χ0n) is 14.4. The van der Waals surface area contributed by atoms with Crippen LogP contribution < -0.4 is 10.6 Å². The van der Waals surface area contributed by atoms with Crippen LogP contribution in [0.25, 0.3) is 0 Å². The molecule has 7 heteroatoms. The van der Waals surface area contributed by atoms with E-state index in [-0.39, 0.29) is 17.3 Å². The predicted molar refractivity (Wildman–Crippen MR) is 96.1 cm³/mol. The van der Waals surface area contributed by atoms with Crippen LogP contribution >= 0.6 is 0 Å². The summed E-state index contributed by atoms with van der Waals surface area (Å²) in [5.74, 6) is -1.60. The van der Waals surface area contributed by atoms with Gasteiger partial charge in [0.15, 0.2) is 12.4 Å². The van der Waals surface area contributed by atoms with Gasteiger partial charge in [-0.05, 0) is 37.3 Å². The summed E-state index contributed by atoms with van der Waals surface area (Å²) >= 11 is 0. The first kappa shape index (κ1) is 18.9. The molecule has 2 rings (SSSR count). The Morgan fingerprint density at radius 3 is 2.04 bits per heavy atom. The Balaban J connectivity index is 1.92. The maximum Gasteiger partial charge on any atom is 0.338 e. The highest BCUT2D eigenvalue weighted by Gasteiger charge is 2.12. The maximum atomic E-state index is 12.0. The fourth-order valence-corrected chi connectivity index (χ4v) is 2.15. The van der Waals surface area contributed by atoms with Gasteiger partial charge in [-0.15, -0.1) is 0 Å². The Morgan fingerprint density at radius 1 is 0.846 bits per heavy atom. The number of anilines is 2. The van der Waals surface area contributed by atoms with Gasteiger partial charge in [0.05, 0.1) is 5.56 Å². The molecule has 0 unspecified atom stereocenters. The Bertz CT molecular complexity index is 861. The number of nitrogens with one attached hydrogen (secondary N) is 2. The Labute approximate surface area is 150 Å². The molecule has 2 aromatic rings. The summed E-state index contributed by atoms with van der Waals surface area (Å²) < 4.78 is 4.97. The van der Waals surface area contributed by atoms with Crippen LogP contribution in [0, 0.1) is 0 Å². The molecule has 0 radical (unpaired) electrons. The van der Waals surface area contributed by atoms with Crippen LogP contribution in [0.5, 0.6) is 0 Å². The molecule has 2 amide bonds. The van der Waals surface area contributed by atoms with E-state index in [1.165, 1.54) is 26.0 Å². The number of hydrogen-bond acceptors (Lipinski definition) is 5. The Kier molecular flexibility index (Phi) is 6.21. The van der Waals surface area contributed by atoms with Gasteiger partial charge in [-0.25, -0.2) is 4.79 Å². The van der Waals surface area contributed by atoms with Crippen molar-refractivity contribution < 1.29 is 23.9 Å². The predicted octanol–water partition coefficient (Wildman–Crippen LogP) is 2.64. The molecule has 0 atom stereocenters. The van der Waals surface area contributed by atoms with Crippen LogP contribution in [-0.4, -0.2) is 30.2 Å². The summed E-state index contributed by atoms with van der Waals surface area (Å²) in [5, 5.41) is 5.11. The van der Waals surface area contributed by atoms with E-state index in [0.29, 0.717) is 16.9 Å². The van der Waals surface area contributed by atoms with E-state index in [4.69, 9.17) is 4.74 Å². The molecule has 0 aliphatic carbocycles. The number of hydrogen-bond donors (Lipinski definition) is 2. The highest BCUT2D eigenvalue weighted by molar-refractivity contribution is 5.98. The second kappa shape index (κ2) is 8.57. The third-order valence-electron chi connectivity index (χ3n) is 3.31. The summed E-state index contributed by atoms with van der Waals surface area (Å²) in [7, 11) is 0. The van der Waals surface area contributed by atoms with E-state index in [0.717, 1.165) is 0 Å². The number of esters is 1. The number of carbonyl (C=O) groups excluding carboxylic acids is 4. The second-order valence-corrected chi connectivity index (χ2v) is 5.52. The van der Waals surface area contributed by atoms with E-state index in [9.17, 15) is 19.2 Å². The van der Waals surface area contributed by atoms with E-state index in [1.807, 2.05) is 0 Å². The van der Waals surface area contributed by atoms with Gasteiger partial charge in [-0.2, -0.15) is 0 Å². The smallest absolute Gasteiger partial charge is 0.338 e. The number of rotatable bonds is 6. The molecular weight excluding hydrogens is 336 g/mol. The van der Waals surface area contributed by atoms with Crippen molar-refractivity contribution in [2.75, 3.05) is 17.2 Å². The molecule has 0 aliphatic rings. The number of Topliss-reactive ketones (excluding diaryl/α,β-unsaturated/α-hetero) is 1. The average molecular weight is 354 g/mol. The van der Waals surface area contributed by atoms with Gasteiger partial charge in [-0.1, -0.05) is 18.2 Å². The van der Waals surface area contributed by atoms with Gasteiger partial charge in [0.1, 0.15) is 0 Å². The number of amides is 2. The molecule has 0 spiro atoms. The molecule has 2 aromatic carbocycles. The van der Waals surface area contributed by atoms with Crippen molar-refractivity contribution >= 4 is 34.9 Å². The van der Waals surface area contributed by atoms with Crippen LogP contribution in [-0.2, 0) is 14.3 Å². The minimum absolute atomic E-state index is 0.119. The lowest BCUT2D eigenvalue weighted by molar-refractivity contribution is -0.119. The summed E-state index contributed by atoms with van der Waals surface area (Å²) in [6.07, 6.45) is 0. The molecule has 0 bridgehead atoms.